The van der Waals surface area contributed by atoms with Crippen LogP contribution in [-0.2, 0) is 0 Å². The summed E-state index contributed by atoms with van der Waals surface area (Å²) in [5.74, 6) is 1.87. The van der Waals surface area contributed by atoms with Gasteiger partial charge in [0.1, 0.15) is 0 Å². The lowest BCUT2D eigenvalue weighted by molar-refractivity contribution is 0.461. The van der Waals surface area contributed by atoms with Gasteiger partial charge >= 0.3 is 0 Å². The Bertz CT molecular complexity index is 306. The number of rotatable bonds is 6. The summed E-state index contributed by atoms with van der Waals surface area (Å²) >= 11 is 0. The van der Waals surface area contributed by atoms with Crippen LogP contribution in [0.4, 0.5) is 0 Å². The first-order valence-corrected chi connectivity index (χ1v) is 12.1. The topological polar surface area (TPSA) is 12.4 Å². The summed E-state index contributed by atoms with van der Waals surface area (Å²) < 4.78 is 5.72. The zero-order valence-electron chi connectivity index (χ0n) is 14.8. The van der Waals surface area contributed by atoms with Gasteiger partial charge in [0.2, 0.25) is 0 Å². The van der Waals surface area contributed by atoms with Crippen LogP contribution >= 0.6 is 7.05 Å². The Morgan fingerprint density at radius 3 is 1.43 bits per heavy atom. The highest BCUT2D eigenvalue weighted by molar-refractivity contribution is 7.67. The molecule has 0 heterocycles. The van der Waals surface area contributed by atoms with Gasteiger partial charge in [0, 0.05) is 0 Å². The Hall–Kier alpha value is 0.295. The molecular formula is C18H37BNP. The monoisotopic (exact) mass is 309 g/mol. The molecule has 2 aliphatic carbocycles. The molecule has 0 atom stereocenters. The Morgan fingerprint density at radius 1 is 0.714 bits per heavy atom. The van der Waals surface area contributed by atoms with Crippen LogP contribution in [0.1, 0.15) is 85.0 Å². The van der Waals surface area contributed by atoms with Gasteiger partial charge in [-0.25, -0.2) is 0 Å². The second kappa shape index (κ2) is 8.80. The number of nitrogens with zero attached hydrogens (tertiary/aromatic N) is 1. The molecule has 0 aromatic rings. The Morgan fingerprint density at radius 2 is 1.10 bits per heavy atom. The molecule has 0 spiro atoms. The van der Waals surface area contributed by atoms with Gasteiger partial charge in [0.05, 0.1) is 0 Å². The SMILES string of the molecule is CCP(CC)(CC)=NB(C1CCCCC1)C1CCCCC1. The van der Waals surface area contributed by atoms with Crippen LogP contribution in [-0.4, -0.2) is 25.3 Å². The molecule has 2 saturated carbocycles. The van der Waals surface area contributed by atoms with Crippen molar-refractivity contribution < 1.29 is 0 Å². The molecule has 0 aliphatic heterocycles. The van der Waals surface area contributed by atoms with E-state index in [1.165, 1.54) is 82.7 Å². The molecule has 1 nitrogen and oxygen atoms in total. The fraction of sp³-hybridized carbons (Fsp3) is 1.00. The fourth-order valence-corrected chi connectivity index (χ4v) is 7.50. The van der Waals surface area contributed by atoms with Crippen LogP contribution in [0.5, 0.6) is 0 Å². The van der Waals surface area contributed by atoms with E-state index in [4.69, 9.17) is 4.66 Å². The van der Waals surface area contributed by atoms with Gasteiger partial charge in [-0.1, -0.05) is 85.0 Å². The van der Waals surface area contributed by atoms with Crippen LogP contribution in [0.3, 0.4) is 0 Å². The van der Waals surface area contributed by atoms with E-state index in [1.54, 1.807) is 0 Å². The van der Waals surface area contributed by atoms with Gasteiger partial charge in [-0.2, -0.15) is 0 Å². The van der Waals surface area contributed by atoms with Crippen molar-refractivity contribution in [2.75, 3.05) is 18.5 Å². The second-order valence-electron chi connectivity index (χ2n) is 7.45. The van der Waals surface area contributed by atoms with E-state index >= 15 is 0 Å². The van der Waals surface area contributed by atoms with E-state index in [1.807, 2.05) is 0 Å². The quantitative estimate of drug-likeness (QED) is 0.373. The van der Waals surface area contributed by atoms with Crippen molar-refractivity contribution >= 4 is 13.9 Å². The number of hydrogen-bond acceptors (Lipinski definition) is 1. The van der Waals surface area contributed by atoms with Crippen LogP contribution < -0.4 is 0 Å². The van der Waals surface area contributed by atoms with Crippen molar-refractivity contribution in [2.45, 2.75) is 96.6 Å². The largest absolute Gasteiger partial charge is 0.356 e. The standard InChI is InChI=1S/C18H37BNP/c1-4-21(5-2,6-3)20-19(17-13-9-7-10-14-17)18-15-11-8-12-16-18/h17-18H,4-16H2,1-3H3. The normalized spacial score (nSPS) is 22.2. The van der Waals surface area contributed by atoms with Crippen molar-refractivity contribution in [3.8, 4) is 0 Å². The summed E-state index contributed by atoms with van der Waals surface area (Å²) in [7, 11) is -1.00. The molecule has 0 radical (unpaired) electrons. The third-order valence-corrected chi connectivity index (χ3v) is 10.7. The smallest absolute Gasteiger partial charge is 0.283 e. The fourth-order valence-electron chi connectivity index (χ4n) is 4.72. The molecule has 122 valence electrons. The Balaban J connectivity index is 2.22. The zero-order valence-corrected chi connectivity index (χ0v) is 15.7. The van der Waals surface area contributed by atoms with Crippen molar-refractivity contribution in [3.63, 3.8) is 0 Å². The minimum absolute atomic E-state index is 0.735. The predicted molar refractivity (Wildman–Crippen MR) is 100 cm³/mol. The highest BCUT2D eigenvalue weighted by atomic mass is 31.2. The molecule has 0 N–H and O–H groups in total. The average Bonchev–Trinajstić information content (AvgIpc) is 2.58. The molecule has 21 heavy (non-hydrogen) atoms. The van der Waals surface area contributed by atoms with E-state index < -0.39 is 7.05 Å². The van der Waals surface area contributed by atoms with E-state index in [0.29, 0.717) is 0 Å². The molecular weight excluding hydrogens is 272 g/mol. The van der Waals surface area contributed by atoms with Crippen LogP contribution in [0.15, 0.2) is 4.66 Å². The van der Waals surface area contributed by atoms with Crippen LogP contribution in [0.2, 0.25) is 11.6 Å². The Kier molecular flexibility index (Phi) is 7.40. The minimum Gasteiger partial charge on any atom is -0.356 e. The third kappa shape index (κ3) is 4.63. The summed E-state index contributed by atoms with van der Waals surface area (Å²) in [6.45, 7) is 7.95. The molecule has 2 rings (SSSR count). The first-order valence-electron chi connectivity index (χ1n) is 9.83. The van der Waals surface area contributed by atoms with Crippen molar-refractivity contribution in [1.29, 1.82) is 0 Å². The molecule has 0 bridgehead atoms. The van der Waals surface area contributed by atoms with Gasteiger partial charge in [0.15, 0.2) is 0 Å². The van der Waals surface area contributed by atoms with Crippen LogP contribution in [0.25, 0.3) is 0 Å². The lowest BCUT2D eigenvalue weighted by Gasteiger charge is -2.35. The lowest BCUT2D eigenvalue weighted by atomic mass is 9.39. The first kappa shape index (κ1) is 17.6. The maximum absolute atomic E-state index is 5.72. The summed E-state index contributed by atoms with van der Waals surface area (Å²) in [4.78, 5) is 0. The average molecular weight is 309 g/mol. The van der Waals surface area contributed by atoms with Gasteiger partial charge in [-0.05, 0) is 37.2 Å². The molecule has 0 aromatic carbocycles. The maximum Gasteiger partial charge on any atom is 0.283 e. The first-order chi connectivity index (χ1) is 10.2. The molecule has 0 unspecified atom stereocenters. The summed E-state index contributed by atoms with van der Waals surface area (Å²) in [5, 5.41) is 0. The minimum atomic E-state index is -1.00. The molecule has 3 heteroatoms. The molecule has 0 aromatic heterocycles. The molecule has 2 fully saturated rings. The van der Waals surface area contributed by atoms with Crippen molar-refractivity contribution in [2.24, 2.45) is 4.66 Å². The van der Waals surface area contributed by atoms with Crippen molar-refractivity contribution in [3.05, 3.63) is 0 Å². The number of hydrogen-bond donors (Lipinski definition) is 0. The third-order valence-electron chi connectivity index (χ3n) is 6.41. The molecule has 0 saturated heterocycles. The van der Waals surface area contributed by atoms with Gasteiger partial charge in [-0.3, -0.25) is 0 Å². The Labute approximate surface area is 134 Å². The second-order valence-corrected chi connectivity index (χ2v) is 11.8. The summed E-state index contributed by atoms with van der Waals surface area (Å²) in [5.41, 5.74) is 0. The summed E-state index contributed by atoms with van der Waals surface area (Å²) in [6, 6.07) is 0. The maximum atomic E-state index is 5.72. The van der Waals surface area contributed by atoms with E-state index in [9.17, 15) is 0 Å². The van der Waals surface area contributed by atoms with Gasteiger partial charge in [-0.15, -0.1) is 0 Å². The van der Waals surface area contributed by atoms with Gasteiger partial charge < -0.3 is 4.66 Å². The highest BCUT2D eigenvalue weighted by Gasteiger charge is 2.36. The predicted octanol–water partition coefficient (Wildman–Crippen LogP) is 6.91. The van der Waals surface area contributed by atoms with E-state index in [0.717, 1.165) is 18.5 Å². The van der Waals surface area contributed by atoms with Crippen molar-refractivity contribution in [1.82, 2.24) is 0 Å². The van der Waals surface area contributed by atoms with Gasteiger partial charge in [0.25, 0.3) is 6.85 Å². The van der Waals surface area contributed by atoms with Crippen LogP contribution in [0, 0.1) is 0 Å². The lowest BCUT2D eigenvalue weighted by Crippen LogP contribution is -2.29. The van der Waals surface area contributed by atoms with E-state index in [-0.39, 0.29) is 0 Å². The zero-order chi connectivity index (χ0) is 15.1. The summed E-state index contributed by atoms with van der Waals surface area (Å²) in [6.07, 6.45) is 18.8. The van der Waals surface area contributed by atoms with E-state index in [2.05, 4.69) is 20.8 Å². The molecule has 2 aliphatic rings. The highest BCUT2D eigenvalue weighted by Crippen LogP contribution is 2.53. The molecule has 0 amide bonds.